The number of aromatic nitrogens is 2. The Labute approximate surface area is 123 Å². The molecule has 1 aliphatic rings. The Morgan fingerprint density at radius 2 is 2.25 bits per heavy atom. The van der Waals surface area contributed by atoms with Crippen LogP contribution in [0, 0.1) is 5.92 Å². The van der Waals surface area contributed by atoms with E-state index in [1.54, 1.807) is 11.3 Å². The maximum Gasteiger partial charge on any atom is 0.242 e. The van der Waals surface area contributed by atoms with Gasteiger partial charge in [0.2, 0.25) is 11.8 Å². The van der Waals surface area contributed by atoms with E-state index < -0.39 is 0 Å². The van der Waals surface area contributed by atoms with Crippen molar-refractivity contribution in [3.8, 4) is 0 Å². The lowest BCUT2D eigenvalue weighted by Gasteiger charge is -2.26. The van der Waals surface area contributed by atoms with Gasteiger partial charge in [-0.3, -0.25) is 0 Å². The van der Waals surface area contributed by atoms with Gasteiger partial charge in [-0.2, -0.15) is 0 Å². The Morgan fingerprint density at radius 1 is 1.35 bits per heavy atom. The summed E-state index contributed by atoms with van der Waals surface area (Å²) < 4.78 is 11.5. The lowest BCUT2D eigenvalue weighted by molar-refractivity contribution is -0.00488. The summed E-state index contributed by atoms with van der Waals surface area (Å²) in [6.07, 6.45) is 5.96. The third-order valence-electron chi connectivity index (χ3n) is 3.75. The van der Waals surface area contributed by atoms with Crippen molar-refractivity contribution < 1.29 is 9.15 Å². The first-order valence-corrected chi connectivity index (χ1v) is 8.13. The van der Waals surface area contributed by atoms with E-state index >= 15 is 0 Å². The van der Waals surface area contributed by atoms with Gasteiger partial charge < -0.3 is 9.15 Å². The molecule has 4 nitrogen and oxygen atoms in total. The van der Waals surface area contributed by atoms with Crippen LogP contribution in [0.4, 0.5) is 0 Å². The fourth-order valence-corrected chi connectivity index (χ4v) is 3.40. The van der Waals surface area contributed by atoms with Crippen molar-refractivity contribution in [3.63, 3.8) is 0 Å². The van der Waals surface area contributed by atoms with Crippen molar-refractivity contribution in [2.45, 2.75) is 51.7 Å². The summed E-state index contributed by atoms with van der Waals surface area (Å²) in [6.45, 7) is 2.73. The Morgan fingerprint density at radius 3 is 3.05 bits per heavy atom. The van der Waals surface area contributed by atoms with E-state index in [0.29, 0.717) is 30.9 Å². The molecule has 0 aliphatic heterocycles. The molecule has 5 heteroatoms. The third kappa shape index (κ3) is 3.67. The number of hydrogen-bond acceptors (Lipinski definition) is 5. The van der Waals surface area contributed by atoms with E-state index in [0.717, 1.165) is 18.8 Å². The second kappa shape index (κ2) is 6.50. The van der Waals surface area contributed by atoms with Crippen LogP contribution in [-0.2, 0) is 17.8 Å². The highest BCUT2D eigenvalue weighted by Crippen LogP contribution is 2.26. The lowest BCUT2D eigenvalue weighted by Crippen LogP contribution is -2.21. The van der Waals surface area contributed by atoms with Gasteiger partial charge in [-0.1, -0.05) is 25.8 Å². The molecule has 3 rings (SSSR count). The van der Waals surface area contributed by atoms with Crippen LogP contribution < -0.4 is 0 Å². The van der Waals surface area contributed by atoms with Gasteiger partial charge in [0.1, 0.15) is 6.61 Å². The number of ether oxygens (including phenoxy) is 1. The summed E-state index contributed by atoms with van der Waals surface area (Å²) in [5, 5.41) is 10.2. The van der Waals surface area contributed by atoms with Crippen LogP contribution in [0.3, 0.4) is 0 Å². The van der Waals surface area contributed by atoms with E-state index in [1.807, 2.05) is 6.07 Å². The second-order valence-electron chi connectivity index (χ2n) is 5.55. The standard InChI is InChI=1S/C15H20N2O2S/c1-11-4-2-5-12(8-11)18-10-15-17-16-14(19-15)9-13-6-3-7-20-13/h3,6-7,11-12H,2,4-5,8-10H2,1H3/t11-,12+/m1/s1. The zero-order valence-electron chi connectivity index (χ0n) is 11.7. The highest BCUT2D eigenvalue weighted by molar-refractivity contribution is 7.09. The van der Waals surface area contributed by atoms with Crippen LogP contribution in [-0.4, -0.2) is 16.3 Å². The molecule has 0 bridgehead atoms. The Kier molecular flexibility index (Phi) is 4.47. The zero-order chi connectivity index (χ0) is 13.8. The van der Waals surface area contributed by atoms with Gasteiger partial charge in [0.25, 0.3) is 0 Å². The molecule has 0 amide bonds. The molecule has 108 valence electrons. The molecule has 0 radical (unpaired) electrons. The summed E-state index contributed by atoms with van der Waals surface area (Å²) >= 11 is 1.70. The molecule has 0 saturated heterocycles. The summed E-state index contributed by atoms with van der Waals surface area (Å²) in [5.74, 6) is 2.03. The van der Waals surface area contributed by atoms with Crippen molar-refractivity contribution in [3.05, 3.63) is 34.2 Å². The van der Waals surface area contributed by atoms with Crippen LogP contribution in [0.25, 0.3) is 0 Å². The van der Waals surface area contributed by atoms with Gasteiger partial charge in [0.15, 0.2) is 0 Å². The molecular formula is C15H20N2O2S. The monoisotopic (exact) mass is 292 g/mol. The van der Waals surface area contributed by atoms with Crippen molar-refractivity contribution in [2.75, 3.05) is 0 Å². The van der Waals surface area contributed by atoms with Gasteiger partial charge in [0, 0.05) is 4.88 Å². The van der Waals surface area contributed by atoms with E-state index in [4.69, 9.17) is 9.15 Å². The molecule has 0 aromatic carbocycles. The molecule has 0 unspecified atom stereocenters. The third-order valence-corrected chi connectivity index (χ3v) is 4.62. The summed E-state index contributed by atoms with van der Waals surface area (Å²) in [4.78, 5) is 1.24. The first kappa shape index (κ1) is 13.8. The molecule has 20 heavy (non-hydrogen) atoms. The SMILES string of the molecule is C[C@@H]1CCC[C@H](OCc2nnc(Cc3cccs3)o2)C1. The molecule has 1 fully saturated rings. The van der Waals surface area contributed by atoms with Gasteiger partial charge >= 0.3 is 0 Å². The normalized spacial score (nSPS) is 23.1. The van der Waals surface area contributed by atoms with Crippen LogP contribution in [0.1, 0.15) is 49.3 Å². The van der Waals surface area contributed by atoms with Crippen LogP contribution in [0.2, 0.25) is 0 Å². The smallest absolute Gasteiger partial charge is 0.242 e. The minimum atomic E-state index is 0.353. The predicted molar refractivity (Wildman–Crippen MR) is 77.6 cm³/mol. The van der Waals surface area contributed by atoms with Crippen molar-refractivity contribution in [1.82, 2.24) is 10.2 Å². The summed E-state index contributed by atoms with van der Waals surface area (Å²) in [6, 6.07) is 4.11. The van der Waals surface area contributed by atoms with Crippen molar-refractivity contribution in [1.29, 1.82) is 0 Å². The molecule has 2 aromatic rings. The van der Waals surface area contributed by atoms with Crippen molar-refractivity contribution >= 4 is 11.3 Å². The quantitative estimate of drug-likeness (QED) is 0.840. The second-order valence-corrected chi connectivity index (χ2v) is 6.58. The topological polar surface area (TPSA) is 48.2 Å². The minimum Gasteiger partial charge on any atom is -0.422 e. The highest BCUT2D eigenvalue weighted by Gasteiger charge is 2.20. The molecule has 1 saturated carbocycles. The molecule has 2 atom stereocenters. The average Bonchev–Trinajstić information content (AvgIpc) is 3.09. The fourth-order valence-electron chi connectivity index (χ4n) is 2.70. The zero-order valence-corrected chi connectivity index (χ0v) is 12.6. The Bertz CT molecular complexity index is 524. The molecule has 1 aliphatic carbocycles. The first-order chi connectivity index (χ1) is 9.79. The summed E-state index contributed by atoms with van der Waals surface area (Å²) in [5.41, 5.74) is 0. The van der Waals surface area contributed by atoms with Crippen molar-refractivity contribution in [2.24, 2.45) is 5.92 Å². The van der Waals surface area contributed by atoms with Gasteiger partial charge in [-0.25, -0.2) is 0 Å². The maximum absolute atomic E-state index is 5.89. The molecular weight excluding hydrogens is 272 g/mol. The Hall–Kier alpha value is -1.20. The number of rotatable bonds is 5. The first-order valence-electron chi connectivity index (χ1n) is 7.25. The molecule has 2 heterocycles. The summed E-state index contributed by atoms with van der Waals surface area (Å²) in [7, 11) is 0. The van der Waals surface area contributed by atoms with Crippen LogP contribution in [0.15, 0.2) is 21.9 Å². The van der Waals surface area contributed by atoms with Gasteiger partial charge in [-0.05, 0) is 30.2 Å². The van der Waals surface area contributed by atoms with Crippen LogP contribution >= 0.6 is 11.3 Å². The minimum absolute atomic E-state index is 0.353. The lowest BCUT2D eigenvalue weighted by atomic mass is 9.89. The molecule has 0 spiro atoms. The van der Waals surface area contributed by atoms with Gasteiger partial charge in [0.05, 0.1) is 12.5 Å². The molecule has 2 aromatic heterocycles. The van der Waals surface area contributed by atoms with E-state index in [1.165, 1.54) is 17.7 Å². The fraction of sp³-hybridized carbons (Fsp3) is 0.600. The van der Waals surface area contributed by atoms with Crippen LogP contribution in [0.5, 0.6) is 0 Å². The number of thiophene rings is 1. The number of hydrogen-bond donors (Lipinski definition) is 0. The predicted octanol–water partition coefficient (Wildman–Crippen LogP) is 3.82. The molecule has 0 N–H and O–H groups in total. The number of nitrogens with zero attached hydrogens (tertiary/aromatic N) is 2. The van der Waals surface area contributed by atoms with E-state index in [2.05, 4.69) is 28.6 Å². The average molecular weight is 292 g/mol. The Balaban J connectivity index is 1.49. The van der Waals surface area contributed by atoms with E-state index in [9.17, 15) is 0 Å². The largest absolute Gasteiger partial charge is 0.422 e. The van der Waals surface area contributed by atoms with E-state index in [-0.39, 0.29) is 0 Å². The highest BCUT2D eigenvalue weighted by atomic mass is 32.1. The van der Waals surface area contributed by atoms with Gasteiger partial charge in [-0.15, -0.1) is 21.5 Å². The maximum atomic E-state index is 5.89.